The van der Waals surface area contributed by atoms with Gasteiger partial charge < -0.3 is 0 Å². The summed E-state index contributed by atoms with van der Waals surface area (Å²) in [4.78, 5) is 0. The molecular weight excluding hydrogens is 324 g/mol. The van der Waals surface area contributed by atoms with Crippen LogP contribution >= 0.6 is 0 Å². The molecule has 1 atom stereocenters. The van der Waals surface area contributed by atoms with Gasteiger partial charge in [-0.05, 0) is 25.2 Å². The van der Waals surface area contributed by atoms with Crippen LogP contribution in [-0.2, 0) is 0 Å². The molecule has 0 aliphatic heterocycles. The van der Waals surface area contributed by atoms with E-state index in [1.807, 2.05) is 0 Å². The maximum absolute atomic E-state index is 2.48. The van der Waals surface area contributed by atoms with Crippen LogP contribution in [0.25, 0.3) is 0 Å². The third-order valence-corrected chi connectivity index (χ3v) is 6.02. The quantitative estimate of drug-likeness (QED) is 0.130. The Morgan fingerprint density at radius 2 is 0.889 bits per heavy atom. The predicted molar refractivity (Wildman–Crippen MR) is 127 cm³/mol. The summed E-state index contributed by atoms with van der Waals surface area (Å²) in [7, 11) is 0. The molecule has 162 valence electrons. The Balaban J connectivity index is 3.15. The van der Waals surface area contributed by atoms with Crippen molar-refractivity contribution >= 4 is 0 Å². The molecule has 0 aromatic heterocycles. The molecule has 0 aliphatic rings. The fourth-order valence-electron chi connectivity index (χ4n) is 4.05. The van der Waals surface area contributed by atoms with Crippen molar-refractivity contribution in [2.75, 3.05) is 0 Å². The zero-order chi connectivity index (χ0) is 19.8. The van der Waals surface area contributed by atoms with Gasteiger partial charge in [0.15, 0.2) is 0 Å². The molecule has 27 heavy (non-hydrogen) atoms. The largest absolute Gasteiger partial charge is 0.0888 e. The van der Waals surface area contributed by atoms with Crippen LogP contribution in [0.1, 0.15) is 156 Å². The van der Waals surface area contributed by atoms with E-state index in [1.165, 1.54) is 135 Å². The second kappa shape index (κ2) is 23.8. The first kappa shape index (κ1) is 26.7. The topological polar surface area (TPSA) is 0 Å². The number of unbranched alkanes of at least 4 members (excludes halogenated alkanes) is 16. The minimum atomic E-state index is 0.962. The van der Waals surface area contributed by atoms with Gasteiger partial charge in [-0.2, -0.15) is 0 Å². The van der Waals surface area contributed by atoms with Gasteiger partial charge in [-0.25, -0.2) is 0 Å². The number of hydrogen-bond donors (Lipinski definition) is 0. The highest BCUT2D eigenvalue weighted by Crippen LogP contribution is 2.19. The fraction of sp³-hybridized carbons (Fsp3) is 0.926. The Bertz CT molecular complexity index is 278. The molecule has 0 radical (unpaired) electrons. The molecular formula is C27H54. The molecule has 0 bridgehead atoms. The van der Waals surface area contributed by atoms with E-state index in [2.05, 4.69) is 32.9 Å². The van der Waals surface area contributed by atoms with Gasteiger partial charge in [0.25, 0.3) is 0 Å². The van der Waals surface area contributed by atoms with Crippen molar-refractivity contribution in [1.29, 1.82) is 0 Å². The maximum Gasteiger partial charge on any atom is -0.0351 e. The lowest BCUT2D eigenvalue weighted by Gasteiger charge is -2.11. The van der Waals surface area contributed by atoms with Crippen molar-refractivity contribution in [2.45, 2.75) is 156 Å². The minimum Gasteiger partial charge on any atom is -0.0888 e. The molecule has 0 nitrogen and oxygen atoms in total. The summed E-state index contributed by atoms with van der Waals surface area (Å²) in [6, 6.07) is 0. The first-order valence-corrected chi connectivity index (χ1v) is 13.0. The van der Waals surface area contributed by atoms with E-state index in [4.69, 9.17) is 0 Å². The molecule has 0 rings (SSSR count). The molecule has 0 spiro atoms. The zero-order valence-electron chi connectivity index (χ0n) is 19.6. The first-order chi connectivity index (χ1) is 13.3. The van der Waals surface area contributed by atoms with Crippen LogP contribution in [0.4, 0.5) is 0 Å². The van der Waals surface area contributed by atoms with E-state index in [1.54, 1.807) is 0 Å². The van der Waals surface area contributed by atoms with Crippen LogP contribution in [0.2, 0.25) is 0 Å². The van der Waals surface area contributed by atoms with E-state index in [9.17, 15) is 0 Å². The van der Waals surface area contributed by atoms with Crippen LogP contribution in [0.15, 0.2) is 12.2 Å². The summed E-state index contributed by atoms with van der Waals surface area (Å²) >= 11 is 0. The van der Waals surface area contributed by atoms with Crippen LogP contribution in [-0.4, -0.2) is 0 Å². The lowest BCUT2D eigenvalue weighted by atomic mass is 9.95. The predicted octanol–water partition coefficient (Wildman–Crippen LogP) is 10.4. The van der Waals surface area contributed by atoms with Gasteiger partial charge >= 0.3 is 0 Å². The molecule has 0 saturated carbocycles. The first-order valence-electron chi connectivity index (χ1n) is 13.0. The summed E-state index contributed by atoms with van der Waals surface area (Å²) in [6.45, 7) is 7.00. The van der Waals surface area contributed by atoms with Crippen molar-refractivity contribution in [3.63, 3.8) is 0 Å². The highest BCUT2D eigenvalue weighted by molar-refractivity contribution is 4.79. The fourth-order valence-corrected chi connectivity index (χ4v) is 4.05. The summed E-state index contributed by atoms with van der Waals surface area (Å²) in [6.07, 6.45) is 34.9. The van der Waals surface area contributed by atoms with Crippen molar-refractivity contribution in [3.8, 4) is 0 Å². The van der Waals surface area contributed by atoms with E-state index in [-0.39, 0.29) is 0 Å². The van der Waals surface area contributed by atoms with Crippen LogP contribution < -0.4 is 0 Å². The van der Waals surface area contributed by atoms with Gasteiger partial charge in [0, 0.05) is 0 Å². The second-order valence-electron chi connectivity index (χ2n) is 9.01. The molecule has 0 aromatic rings. The number of allylic oxidation sites excluding steroid dienone is 2. The van der Waals surface area contributed by atoms with Gasteiger partial charge in [0.05, 0.1) is 0 Å². The molecule has 0 aliphatic carbocycles. The Morgan fingerprint density at radius 3 is 1.33 bits per heavy atom. The Morgan fingerprint density at radius 1 is 0.481 bits per heavy atom. The lowest BCUT2D eigenvalue weighted by molar-refractivity contribution is 0.430. The summed E-state index contributed by atoms with van der Waals surface area (Å²) in [5.74, 6) is 0.962. The molecule has 0 heteroatoms. The van der Waals surface area contributed by atoms with Gasteiger partial charge in [-0.1, -0.05) is 148 Å². The van der Waals surface area contributed by atoms with E-state index in [0.29, 0.717) is 0 Å². The number of rotatable bonds is 22. The van der Waals surface area contributed by atoms with Crippen LogP contribution in [0.3, 0.4) is 0 Å². The molecule has 1 unspecified atom stereocenters. The summed E-state index contributed by atoms with van der Waals surface area (Å²) in [5.41, 5.74) is 0. The molecule has 0 amide bonds. The van der Waals surface area contributed by atoms with E-state index in [0.717, 1.165) is 5.92 Å². The molecule has 0 N–H and O–H groups in total. The minimum absolute atomic E-state index is 0.962. The highest BCUT2D eigenvalue weighted by Gasteiger charge is 2.02. The Hall–Kier alpha value is -0.260. The highest BCUT2D eigenvalue weighted by atomic mass is 14.1. The van der Waals surface area contributed by atoms with Gasteiger partial charge in [0.1, 0.15) is 0 Å². The maximum atomic E-state index is 2.48. The Labute approximate surface area is 174 Å². The second-order valence-corrected chi connectivity index (χ2v) is 9.01. The summed E-state index contributed by atoms with van der Waals surface area (Å²) in [5, 5.41) is 0. The molecule has 0 heterocycles. The van der Waals surface area contributed by atoms with Gasteiger partial charge in [0.2, 0.25) is 0 Å². The van der Waals surface area contributed by atoms with Crippen molar-refractivity contribution in [2.24, 2.45) is 5.92 Å². The average Bonchev–Trinajstić information content (AvgIpc) is 2.67. The molecule has 0 saturated heterocycles. The smallest absolute Gasteiger partial charge is 0.0351 e. The summed E-state index contributed by atoms with van der Waals surface area (Å²) < 4.78 is 0. The van der Waals surface area contributed by atoms with E-state index < -0.39 is 0 Å². The number of hydrogen-bond acceptors (Lipinski definition) is 0. The molecule has 0 fully saturated rings. The lowest BCUT2D eigenvalue weighted by Crippen LogP contribution is -1.95. The van der Waals surface area contributed by atoms with Gasteiger partial charge in [-0.3, -0.25) is 0 Å². The van der Waals surface area contributed by atoms with Crippen LogP contribution in [0, 0.1) is 5.92 Å². The Kier molecular flexibility index (Phi) is 23.5. The molecule has 0 aromatic carbocycles. The van der Waals surface area contributed by atoms with Crippen molar-refractivity contribution in [1.82, 2.24) is 0 Å². The third-order valence-electron chi connectivity index (χ3n) is 6.02. The third kappa shape index (κ3) is 23.7. The van der Waals surface area contributed by atoms with Crippen molar-refractivity contribution < 1.29 is 0 Å². The van der Waals surface area contributed by atoms with Gasteiger partial charge in [-0.15, -0.1) is 0 Å². The monoisotopic (exact) mass is 378 g/mol. The average molecular weight is 379 g/mol. The standard InChI is InChI=1S/C27H54/c1-4-6-8-10-12-14-16-18-20-22-24-26-27(3)25-23-21-19-17-15-13-11-9-7-5-2/h6,8,27H,4-5,7,9-26H2,1-3H3. The normalized spacial score (nSPS) is 12.9. The van der Waals surface area contributed by atoms with Crippen molar-refractivity contribution in [3.05, 3.63) is 12.2 Å². The van der Waals surface area contributed by atoms with Crippen LogP contribution in [0.5, 0.6) is 0 Å². The van der Waals surface area contributed by atoms with E-state index >= 15 is 0 Å². The zero-order valence-corrected chi connectivity index (χ0v) is 19.6. The SMILES string of the molecule is CCC=CCCCCCCCCCC(C)CCCCCCCCCCCC.